The van der Waals surface area contributed by atoms with Crippen molar-refractivity contribution in [3.05, 3.63) is 89.3 Å². The number of imidazole rings is 1. The van der Waals surface area contributed by atoms with E-state index in [1.165, 1.54) is 12.1 Å². The minimum atomic E-state index is -0.353. The number of fused-ring (bicyclic) bond motifs is 2. The highest BCUT2D eigenvalue weighted by Gasteiger charge is 2.13. The largest absolute Gasteiger partial charge is 0.346 e. The number of nitrogens with zero attached hydrogens (tertiary/aromatic N) is 5. The molecule has 0 fully saturated rings. The summed E-state index contributed by atoms with van der Waals surface area (Å²) in [4.78, 5) is 30.1. The van der Waals surface area contributed by atoms with E-state index in [-0.39, 0.29) is 23.4 Å². The Bertz CT molecular complexity index is 1400. The molecule has 0 aliphatic heterocycles. The fourth-order valence-electron chi connectivity index (χ4n) is 3.20. The summed E-state index contributed by atoms with van der Waals surface area (Å²) in [5.74, 6) is -0.0566. The average Bonchev–Trinajstić information content (AvgIpc) is 3.20. The van der Waals surface area contributed by atoms with Crippen LogP contribution in [-0.2, 0) is 6.54 Å². The molecule has 1 amide bonds. The molecule has 5 aromatic rings. The first kappa shape index (κ1) is 19.1. The van der Waals surface area contributed by atoms with Gasteiger partial charge in [-0.1, -0.05) is 11.6 Å². The van der Waals surface area contributed by atoms with Gasteiger partial charge in [0.2, 0.25) is 5.78 Å². The second-order valence-corrected chi connectivity index (χ2v) is 7.17. The molecule has 0 aliphatic rings. The Hall–Kier alpha value is -3.91. The zero-order valence-electron chi connectivity index (χ0n) is 16.0. The first-order chi connectivity index (χ1) is 15.1. The first-order valence-electron chi connectivity index (χ1n) is 9.37. The average molecular weight is 433 g/mol. The Morgan fingerprint density at radius 2 is 1.90 bits per heavy atom. The van der Waals surface area contributed by atoms with Gasteiger partial charge < -0.3 is 5.32 Å². The van der Waals surface area contributed by atoms with Crippen LogP contribution in [0, 0.1) is 5.82 Å². The number of rotatable bonds is 4. The lowest BCUT2D eigenvalue weighted by atomic mass is 10.1. The normalized spacial score (nSPS) is 11.2. The summed E-state index contributed by atoms with van der Waals surface area (Å²) >= 11 is 6.27. The molecule has 0 spiro atoms. The smallest absolute Gasteiger partial charge is 0.251 e. The van der Waals surface area contributed by atoms with Gasteiger partial charge in [-0.25, -0.2) is 24.3 Å². The maximum atomic E-state index is 13.2. The fraction of sp³-hybridized carbons (Fsp3) is 0.0455. The van der Waals surface area contributed by atoms with Gasteiger partial charge in [0.25, 0.3) is 5.91 Å². The summed E-state index contributed by atoms with van der Waals surface area (Å²) in [6.07, 6.45) is 5.31. The minimum Gasteiger partial charge on any atom is -0.346 e. The Kier molecular flexibility index (Phi) is 4.76. The van der Waals surface area contributed by atoms with Crippen LogP contribution in [-0.4, -0.2) is 30.2 Å². The molecule has 5 rings (SSSR count). The summed E-state index contributed by atoms with van der Waals surface area (Å²) in [7, 11) is 0. The summed E-state index contributed by atoms with van der Waals surface area (Å²) in [5, 5.41) is 3.05. The number of hydrogen-bond acceptors (Lipinski definition) is 5. The number of aromatic nitrogens is 5. The number of hydrogen-bond donors (Lipinski definition) is 1. The second-order valence-electron chi connectivity index (χ2n) is 6.82. The molecule has 0 saturated heterocycles. The van der Waals surface area contributed by atoms with E-state index in [9.17, 15) is 9.18 Å². The van der Waals surface area contributed by atoms with Gasteiger partial charge in [-0.3, -0.25) is 9.20 Å². The third-order valence-electron chi connectivity index (χ3n) is 4.72. The van der Waals surface area contributed by atoms with Crippen molar-refractivity contribution >= 4 is 34.3 Å². The van der Waals surface area contributed by atoms with Crippen LogP contribution in [0.25, 0.3) is 28.1 Å². The second kappa shape index (κ2) is 7.73. The van der Waals surface area contributed by atoms with E-state index in [0.717, 1.165) is 0 Å². The standard InChI is InChI=1S/C22H14ClFN6O/c23-20-19(13-2-5-15(24)6-3-13)28-18-10-14(4-7-17(18)29-20)21(31)26-11-16-12-30-9-1-8-25-22(30)27-16/h1-10,12H,11H2,(H,26,31). The lowest BCUT2D eigenvalue weighted by molar-refractivity contribution is 0.0950. The Morgan fingerprint density at radius 1 is 1.06 bits per heavy atom. The van der Waals surface area contributed by atoms with Crippen LogP contribution >= 0.6 is 11.6 Å². The van der Waals surface area contributed by atoms with Crippen molar-refractivity contribution in [2.45, 2.75) is 6.54 Å². The van der Waals surface area contributed by atoms with Crippen LogP contribution in [0.5, 0.6) is 0 Å². The highest BCUT2D eigenvalue weighted by atomic mass is 35.5. The molecule has 0 bridgehead atoms. The van der Waals surface area contributed by atoms with Crippen LogP contribution in [0.3, 0.4) is 0 Å². The van der Waals surface area contributed by atoms with E-state index in [1.54, 1.807) is 47.0 Å². The Balaban J connectivity index is 1.40. The predicted molar refractivity (Wildman–Crippen MR) is 114 cm³/mol. The van der Waals surface area contributed by atoms with E-state index in [1.807, 2.05) is 12.4 Å². The van der Waals surface area contributed by atoms with Crippen molar-refractivity contribution < 1.29 is 9.18 Å². The van der Waals surface area contributed by atoms with Crippen molar-refractivity contribution in [1.29, 1.82) is 0 Å². The summed E-state index contributed by atoms with van der Waals surface area (Å²) in [6.45, 7) is 0.257. The number of amides is 1. The number of halogens is 2. The molecule has 0 unspecified atom stereocenters. The molecule has 31 heavy (non-hydrogen) atoms. The van der Waals surface area contributed by atoms with Crippen LogP contribution in [0.15, 0.2) is 67.1 Å². The van der Waals surface area contributed by atoms with E-state index in [2.05, 4.69) is 25.3 Å². The van der Waals surface area contributed by atoms with Gasteiger partial charge in [0.15, 0.2) is 5.15 Å². The van der Waals surface area contributed by atoms with E-state index < -0.39 is 0 Å². The van der Waals surface area contributed by atoms with Gasteiger partial charge >= 0.3 is 0 Å². The molecular weight excluding hydrogens is 419 g/mol. The predicted octanol–water partition coefficient (Wildman–Crippen LogP) is 4.06. The summed E-state index contributed by atoms with van der Waals surface area (Å²) in [5.41, 5.74) is 3.24. The maximum Gasteiger partial charge on any atom is 0.251 e. The lowest BCUT2D eigenvalue weighted by Gasteiger charge is -2.08. The van der Waals surface area contributed by atoms with Gasteiger partial charge in [-0.2, -0.15) is 0 Å². The number of benzene rings is 2. The van der Waals surface area contributed by atoms with Gasteiger partial charge in [0.05, 0.1) is 23.3 Å². The SMILES string of the molecule is O=C(NCc1cn2cccnc2n1)c1ccc2nc(Cl)c(-c3ccc(F)cc3)nc2c1. The van der Waals surface area contributed by atoms with Gasteiger partial charge in [-0.15, -0.1) is 0 Å². The Labute approximate surface area is 180 Å². The molecule has 0 atom stereocenters. The van der Waals surface area contributed by atoms with Crippen LogP contribution < -0.4 is 5.32 Å². The summed E-state index contributed by atoms with van der Waals surface area (Å²) in [6, 6.07) is 12.6. The third-order valence-corrected chi connectivity index (χ3v) is 4.98. The molecule has 7 nitrogen and oxygen atoms in total. The molecule has 0 saturated carbocycles. The topological polar surface area (TPSA) is 85.1 Å². The lowest BCUT2D eigenvalue weighted by Crippen LogP contribution is -2.23. The third kappa shape index (κ3) is 3.80. The number of nitrogens with one attached hydrogen (secondary N) is 1. The molecule has 9 heteroatoms. The molecule has 1 N–H and O–H groups in total. The van der Waals surface area contributed by atoms with Crippen molar-refractivity contribution in [2.24, 2.45) is 0 Å². The van der Waals surface area contributed by atoms with E-state index in [4.69, 9.17) is 11.6 Å². The molecule has 3 heterocycles. The highest BCUT2D eigenvalue weighted by molar-refractivity contribution is 6.32. The van der Waals surface area contributed by atoms with E-state index in [0.29, 0.717) is 39.3 Å². The van der Waals surface area contributed by atoms with Crippen molar-refractivity contribution in [3.63, 3.8) is 0 Å². The first-order valence-corrected chi connectivity index (χ1v) is 9.75. The highest BCUT2D eigenvalue weighted by Crippen LogP contribution is 2.27. The molecule has 152 valence electrons. The van der Waals surface area contributed by atoms with Gasteiger partial charge in [-0.05, 0) is 48.5 Å². The van der Waals surface area contributed by atoms with Crippen LogP contribution in [0.2, 0.25) is 5.15 Å². The molecule has 2 aromatic carbocycles. The zero-order chi connectivity index (χ0) is 21.4. The van der Waals surface area contributed by atoms with Crippen LogP contribution in [0.1, 0.15) is 16.1 Å². The number of carbonyl (C=O) groups excluding carboxylic acids is 1. The quantitative estimate of drug-likeness (QED) is 0.463. The molecule has 0 radical (unpaired) electrons. The zero-order valence-corrected chi connectivity index (χ0v) is 16.7. The molecule has 0 aliphatic carbocycles. The van der Waals surface area contributed by atoms with Crippen molar-refractivity contribution in [1.82, 2.24) is 29.7 Å². The van der Waals surface area contributed by atoms with Crippen molar-refractivity contribution in [2.75, 3.05) is 0 Å². The van der Waals surface area contributed by atoms with Gasteiger partial charge in [0, 0.05) is 29.7 Å². The molecule has 3 aromatic heterocycles. The van der Waals surface area contributed by atoms with Crippen LogP contribution in [0.4, 0.5) is 4.39 Å². The van der Waals surface area contributed by atoms with E-state index >= 15 is 0 Å². The van der Waals surface area contributed by atoms with Crippen molar-refractivity contribution in [3.8, 4) is 11.3 Å². The minimum absolute atomic E-state index is 0.205. The number of carbonyl (C=O) groups is 1. The Morgan fingerprint density at radius 3 is 2.71 bits per heavy atom. The fourth-order valence-corrected chi connectivity index (χ4v) is 3.45. The summed E-state index contributed by atoms with van der Waals surface area (Å²) < 4.78 is 15.0. The van der Waals surface area contributed by atoms with Gasteiger partial charge in [0.1, 0.15) is 11.5 Å². The maximum absolute atomic E-state index is 13.2. The monoisotopic (exact) mass is 432 g/mol. The molecular formula is C22H14ClFN6O.